The number of likely N-dealkylation sites (tertiary alicyclic amines) is 1. The van der Waals surface area contributed by atoms with Crippen molar-refractivity contribution in [2.75, 3.05) is 13.1 Å². The van der Waals surface area contributed by atoms with Crippen LogP contribution in [0.2, 0.25) is 0 Å². The van der Waals surface area contributed by atoms with Crippen LogP contribution in [0.25, 0.3) is 0 Å². The van der Waals surface area contributed by atoms with Crippen molar-refractivity contribution in [1.29, 1.82) is 0 Å². The first-order valence-electron chi connectivity index (χ1n) is 9.69. The first-order chi connectivity index (χ1) is 13.2. The van der Waals surface area contributed by atoms with Crippen LogP contribution in [0.5, 0.6) is 0 Å². The zero-order chi connectivity index (χ0) is 20.4. The summed E-state index contributed by atoms with van der Waals surface area (Å²) in [6, 6.07) is 12.5. The Balaban J connectivity index is 1.75. The Morgan fingerprint density at radius 2 is 1.93 bits per heavy atom. The standard InChI is InChI=1S/C22H28N2O4/c1-16-11-12-18(28-16)22(3,27)15-23-20(26)21(2)13-7-8-14-24(21)19(25)17-9-5-4-6-10-17/h4-6,9-12,27H,7-8,13-15H2,1-3H3,(H,23,26)/t21-,22+/m0/s1. The van der Waals surface area contributed by atoms with Crippen molar-refractivity contribution in [3.8, 4) is 0 Å². The van der Waals surface area contributed by atoms with Crippen LogP contribution in [0, 0.1) is 6.92 Å². The number of furan rings is 1. The summed E-state index contributed by atoms with van der Waals surface area (Å²) in [7, 11) is 0. The summed E-state index contributed by atoms with van der Waals surface area (Å²) in [4.78, 5) is 27.8. The Labute approximate surface area is 165 Å². The zero-order valence-electron chi connectivity index (χ0n) is 16.7. The van der Waals surface area contributed by atoms with Crippen molar-refractivity contribution >= 4 is 11.8 Å². The first-order valence-corrected chi connectivity index (χ1v) is 9.69. The van der Waals surface area contributed by atoms with Gasteiger partial charge in [0.2, 0.25) is 5.91 Å². The molecular formula is C22H28N2O4. The highest BCUT2D eigenvalue weighted by atomic mass is 16.4. The first kappa shape index (κ1) is 20.1. The molecule has 2 aromatic rings. The highest BCUT2D eigenvalue weighted by Gasteiger charge is 2.44. The molecule has 0 saturated carbocycles. The van der Waals surface area contributed by atoms with Crippen molar-refractivity contribution in [2.45, 2.75) is 51.2 Å². The van der Waals surface area contributed by atoms with Crippen molar-refractivity contribution in [3.05, 3.63) is 59.5 Å². The third-order valence-corrected chi connectivity index (χ3v) is 5.51. The number of piperidine rings is 1. The van der Waals surface area contributed by atoms with Gasteiger partial charge >= 0.3 is 0 Å². The molecule has 0 radical (unpaired) electrons. The van der Waals surface area contributed by atoms with Crippen LogP contribution in [0.4, 0.5) is 0 Å². The average Bonchev–Trinajstić information content (AvgIpc) is 3.14. The Morgan fingerprint density at radius 1 is 1.21 bits per heavy atom. The molecule has 150 valence electrons. The lowest BCUT2D eigenvalue weighted by Crippen LogP contribution is -2.61. The molecule has 0 spiro atoms. The molecular weight excluding hydrogens is 356 g/mol. The van der Waals surface area contributed by atoms with Crippen LogP contribution in [-0.4, -0.2) is 40.4 Å². The van der Waals surface area contributed by atoms with Crippen molar-refractivity contribution in [1.82, 2.24) is 10.2 Å². The topological polar surface area (TPSA) is 82.8 Å². The second-order valence-corrected chi connectivity index (χ2v) is 7.92. The van der Waals surface area contributed by atoms with E-state index in [0.29, 0.717) is 30.0 Å². The molecule has 1 aliphatic rings. The molecule has 0 unspecified atom stereocenters. The predicted octanol–water partition coefficient (Wildman–Crippen LogP) is 3.00. The quantitative estimate of drug-likeness (QED) is 0.830. The fourth-order valence-corrected chi connectivity index (χ4v) is 3.67. The highest BCUT2D eigenvalue weighted by Crippen LogP contribution is 2.30. The maximum absolute atomic E-state index is 13.1. The molecule has 1 aliphatic heterocycles. The van der Waals surface area contributed by atoms with E-state index in [0.717, 1.165) is 12.8 Å². The molecule has 2 atom stereocenters. The van der Waals surface area contributed by atoms with E-state index in [4.69, 9.17) is 4.42 Å². The van der Waals surface area contributed by atoms with Gasteiger partial charge in [-0.05, 0) is 64.3 Å². The number of aliphatic hydroxyl groups is 1. The van der Waals surface area contributed by atoms with Gasteiger partial charge in [-0.1, -0.05) is 18.2 Å². The number of carbonyl (C=O) groups is 2. The minimum Gasteiger partial charge on any atom is -0.463 e. The Bertz CT molecular complexity index is 843. The predicted molar refractivity (Wildman–Crippen MR) is 106 cm³/mol. The largest absolute Gasteiger partial charge is 0.463 e. The van der Waals surface area contributed by atoms with Crippen LogP contribution < -0.4 is 5.32 Å². The zero-order valence-corrected chi connectivity index (χ0v) is 16.7. The molecule has 6 nitrogen and oxygen atoms in total. The Morgan fingerprint density at radius 3 is 2.57 bits per heavy atom. The SMILES string of the molecule is Cc1ccc([C@](C)(O)CNC(=O)[C@]2(C)CCCCN2C(=O)c2ccccc2)o1. The lowest BCUT2D eigenvalue weighted by atomic mass is 9.86. The number of nitrogens with one attached hydrogen (secondary N) is 1. The van der Waals surface area contributed by atoms with E-state index in [2.05, 4.69) is 5.32 Å². The Kier molecular flexibility index (Phi) is 5.61. The maximum Gasteiger partial charge on any atom is 0.254 e. The molecule has 1 aromatic carbocycles. The maximum atomic E-state index is 13.1. The van der Waals surface area contributed by atoms with Gasteiger partial charge in [0, 0.05) is 12.1 Å². The van der Waals surface area contributed by atoms with Crippen LogP contribution in [0.3, 0.4) is 0 Å². The number of hydrogen-bond acceptors (Lipinski definition) is 4. The molecule has 0 bridgehead atoms. The van der Waals surface area contributed by atoms with E-state index in [-0.39, 0.29) is 18.4 Å². The lowest BCUT2D eigenvalue weighted by Gasteiger charge is -2.44. The number of carbonyl (C=O) groups excluding carboxylic acids is 2. The molecule has 3 rings (SSSR count). The number of aryl methyl sites for hydroxylation is 1. The third kappa shape index (κ3) is 3.97. The van der Waals surface area contributed by atoms with Crippen LogP contribution in [0.15, 0.2) is 46.9 Å². The minimum absolute atomic E-state index is 0.00173. The van der Waals surface area contributed by atoms with Gasteiger partial charge in [-0.25, -0.2) is 0 Å². The smallest absolute Gasteiger partial charge is 0.254 e. The summed E-state index contributed by atoms with van der Waals surface area (Å²) in [5, 5.41) is 13.5. The van der Waals surface area contributed by atoms with Crippen LogP contribution in [0.1, 0.15) is 55.0 Å². The van der Waals surface area contributed by atoms with Crippen molar-refractivity contribution in [2.24, 2.45) is 0 Å². The van der Waals surface area contributed by atoms with Gasteiger partial charge in [0.1, 0.15) is 22.7 Å². The summed E-state index contributed by atoms with van der Waals surface area (Å²) in [5.74, 6) is 0.684. The van der Waals surface area contributed by atoms with E-state index in [1.807, 2.05) is 18.2 Å². The van der Waals surface area contributed by atoms with E-state index < -0.39 is 11.1 Å². The highest BCUT2D eigenvalue weighted by molar-refractivity contribution is 5.99. The van der Waals surface area contributed by atoms with Crippen molar-refractivity contribution in [3.63, 3.8) is 0 Å². The van der Waals surface area contributed by atoms with E-state index in [9.17, 15) is 14.7 Å². The van der Waals surface area contributed by atoms with Gasteiger partial charge in [0.25, 0.3) is 5.91 Å². The van der Waals surface area contributed by atoms with Gasteiger partial charge in [0.15, 0.2) is 0 Å². The van der Waals surface area contributed by atoms with Gasteiger partial charge in [-0.3, -0.25) is 9.59 Å². The monoisotopic (exact) mass is 384 g/mol. The number of amides is 2. The summed E-state index contributed by atoms with van der Waals surface area (Å²) < 4.78 is 5.50. The number of hydrogen-bond donors (Lipinski definition) is 2. The number of nitrogens with zero attached hydrogens (tertiary/aromatic N) is 1. The minimum atomic E-state index is -1.33. The van der Waals surface area contributed by atoms with E-state index in [1.54, 1.807) is 49.9 Å². The molecule has 2 N–H and O–H groups in total. The number of benzene rings is 1. The molecule has 1 fully saturated rings. The lowest BCUT2D eigenvalue weighted by molar-refractivity contribution is -0.134. The average molecular weight is 384 g/mol. The third-order valence-electron chi connectivity index (χ3n) is 5.51. The van der Waals surface area contributed by atoms with Gasteiger partial charge in [-0.2, -0.15) is 0 Å². The molecule has 0 aliphatic carbocycles. The normalized spacial score (nSPS) is 21.8. The van der Waals surface area contributed by atoms with Crippen LogP contribution in [-0.2, 0) is 10.4 Å². The second-order valence-electron chi connectivity index (χ2n) is 7.92. The number of rotatable bonds is 5. The molecule has 1 saturated heterocycles. The molecule has 2 heterocycles. The fraction of sp³-hybridized carbons (Fsp3) is 0.455. The van der Waals surface area contributed by atoms with Crippen LogP contribution >= 0.6 is 0 Å². The summed E-state index contributed by atoms with van der Waals surface area (Å²) in [5.41, 5.74) is -1.72. The summed E-state index contributed by atoms with van der Waals surface area (Å²) >= 11 is 0. The van der Waals surface area contributed by atoms with Gasteiger partial charge in [-0.15, -0.1) is 0 Å². The van der Waals surface area contributed by atoms with E-state index >= 15 is 0 Å². The summed E-state index contributed by atoms with van der Waals surface area (Å²) in [6.07, 6.45) is 2.32. The second kappa shape index (κ2) is 7.80. The van der Waals surface area contributed by atoms with Crippen molar-refractivity contribution < 1.29 is 19.1 Å². The van der Waals surface area contributed by atoms with E-state index in [1.165, 1.54) is 0 Å². The molecule has 2 amide bonds. The Hall–Kier alpha value is -2.60. The molecule has 6 heteroatoms. The fourth-order valence-electron chi connectivity index (χ4n) is 3.67. The summed E-state index contributed by atoms with van der Waals surface area (Å²) in [6.45, 7) is 5.73. The van der Waals surface area contributed by atoms with Gasteiger partial charge in [0.05, 0.1) is 6.54 Å². The van der Waals surface area contributed by atoms with Gasteiger partial charge < -0.3 is 19.7 Å². The molecule has 1 aromatic heterocycles. The molecule has 28 heavy (non-hydrogen) atoms.